The number of ether oxygens (including phenoxy) is 1. The molecule has 0 saturated heterocycles. The van der Waals surface area contributed by atoms with E-state index >= 15 is 0 Å². The van der Waals surface area contributed by atoms with Gasteiger partial charge in [0.15, 0.2) is 0 Å². The topological polar surface area (TPSA) is 29.5 Å². The summed E-state index contributed by atoms with van der Waals surface area (Å²) in [7, 11) is 0. The third-order valence-corrected chi connectivity index (χ3v) is 1.29. The van der Waals surface area contributed by atoms with E-state index in [9.17, 15) is 4.79 Å². The predicted molar refractivity (Wildman–Crippen MR) is 43.0 cm³/mol. The van der Waals surface area contributed by atoms with Gasteiger partial charge in [0.1, 0.15) is 0 Å². The fourth-order valence-corrected chi connectivity index (χ4v) is 0.439. The number of rotatable bonds is 2. The van der Waals surface area contributed by atoms with Crippen LogP contribution in [0.5, 0.6) is 0 Å². The van der Waals surface area contributed by atoms with E-state index in [-0.39, 0.29) is 12.2 Å². The van der Waals surface area contributed by atoms with Gasteiger partial charge < -0.3 is 4.74 Å². The van der Waals surface area contributed by atoms with Crippen LogP contribution < -0.4 is 0 Å². The molecule has 0 atom stereocenters. The zero-order valence-corrected chi connectivity index (χ0v) is 7.39. The average molecular weight is 163 g/mol. The third kappa shape index (κ3) is 3.61. The van der Waals surface area contributed by atoms with E-state index in [4.69, 9.17) is 4.74 Å². The van der Waals surface area contributed by atoms with Crippen molar-refractivity contribution in [2.24, 2.45) is 0 Å². The largest absolute Gasteiger partial charge is 0.446 e. The second kappa shape index (κ2) is 4.44. The maximum atomic E-state index is 10.8. The monoisotopic (exact) mass is 163 g/mol. The van der Waals surface area contributed by atoms with Gasteiger partial charge in [-0.2, -0.15) is 0 Å². The number of hydrogen-bond acceptors (Lipinski definition) is 3. The molecule has 0 aliphatic heterocycles. The minimum atomic E-state index is -0.388. The lowest BCUT2D eigenvalue weighted by Crippen LogP contribution is -2.24. The van der Waals surface area contributed by atoms with Crippen LogP contribution in [0.25, 0.3) is 0 Å². The van der Waals surface area contributed by atoms with Crippen LogP contribution in [-0.2, 0) is 4.74 Å². The minimum Gasteiger partial charge on any atom is -0.446 e. The first kappa shape index (κ1) is 9.62. The van der Waals surface area contributed by atoms with Gasteiger partial charge in [0.25, 0.3) is 0 Å². The Balaban J connectivity index is 3.62. The van der Waals surface area contributed by atoms with Gasteiger partial charge in [-0.05, 0) is 20.8 Å². The number of amides is 1. The fraction of sp³-hybridized carbons (Fsp3) is 0.833. The van der Waals surface area contributed by atoms with Gasteiger partial charge in [-0.3, -0.25) is 4.31 Å². The van der Waals surface area contributed by atoms with E-state index in [1.165, 1.54) is 4.31 Å². The van der Waals surface area contributed by atoms with Gasteiger partial charge in [0, 0.05) is 6.54 Å². The van der Waals surface area contributed by atoms with Crippen molar-refractivity contribution in [1.29, 1.82) is 0 Å². The van der Waals surface area contributed by atoms with Crippen LogP contribution in [-0.4, -0.2) is 23.0 Å². The molecule has 0 aromatic carbocycles. The molecule has 4 heteroatoms. The lowest BCUT2D eigenvalue weighted by atomic mass is 10.5. The van der Waals surface area contributed by atoms with Gasteiger partial charge >= 0.3 is 6.09 Å². The van der Waals surface area contributed by atoms with Gasteiger partial charge in [0.05, 0.1) is 6.10 Å². The van der Waals surface area contributed by atoms with E-state index in [1.807, 2.05) is 6.92 Å². The molecule has 0 heterocycles. The summed E-state index contributed by atoms with van der Waals surface area (Å²) in [5.74, 6) is 0. The van der Waals surface area contributed by atoms with Crippen molar-refractivity contribution in [3.63, 3.8) is 0 Å². The highest BCUT2D eigenvalue weighted by Crippen LogP contribution is 1.99. The molecule has 0 saturated carbocycles. The van der Waals surface area contributed by atoms with Crippen molar-refractivity contribution < 1.29 is 9.53 Å². The molecule has 0 spiro atoms. The van der Waals surface area contributed by atoms with Gasteiger partial charge in [0.2, 0.25) is 0 Å². The molecule has 0 aromatic rings. The van der Waals surface area contributed by atoms with E-state index in [2.05, 4.69) is 12.8 Å². The first-order valence-corrected chi connectivity index (χ1v) is 3.65. The standard InChI is InChI=1S/C6H13NO2S/c1-4-7(10)6(8)9-5(2)3/h5,10H,4H2,1-3H3. The van der Waals surface area contributed by atoms with Crippen molar-refractivity contribution >= 4 is 18.9 Å². The maximum absolute atomic E-state index is 10.8. The molecule has 0 aliphatic carbocycles. The Morgan fingerprint density at radius 1 is 1.70 bits per heavy atom. The molecule has 0 bridgehead atoms. The molecule has 10 heavy (non-hydrogen) atoms. The van der Waals surface area contributed by atoms with Crippen LogP contribution in [0.3, 0.4) is 0 Å². The first-order chi connectivity index (χ1) is 4.57. The quantitative estimate of drug-likeness (QED) is 0.628. The SMILES string of the molecule is CCN(S)C(=O)OC(C)C. The predicted octanol–water partition coefficient (Wildman–Crippen LogP) is 1.70. The van der Waals surface area contributed by atoms with Crippen molar-refractivity contribution in [3.8, 4) is 0 Å². The fourth-order valence-electron chi connectivity index (χ4n) is 0.392. The van der Waals surface area contributed by atoms with E-state index in [1.54, 1.807) is 13.8 Å². The molecule has 60 valence electrons. The van der Waals surface area contributed by atoms with Crippen LogP contribution in [0.1, 0.15) is 20.8 Å². The van der Waals surface area contributed by atoms with E-state index < -0.39 is 0 Å². The molecule has 0 N–H and O–H groups in total. The van der Waals surface area contributed by atoms with Crippen LogP contribution >= 0.6 is 12.8 Å². The Morgan fingerprint density at radius 2 is 2.20 bits per heavy atom. The smallest absolute Gasteiger partial charge is 0.419 e. The Bertz CT molecular complexity index is 116. The summed E-state index contributed by atoms with van der Waals surface area (Å²) in [5.41, 5.74) is 0. The molecule has 0 unspecified atom stereocenters. The molecule has 3 nitrogen and oxygen atoms in total. The molecule has 0 radical (unpaired) electrons. The first-order valence-electron chi connectivity index (χ1n) is 3.25. The molecule has 0 rings (SSSR count). The van der Waals surface area contributed by atoms with Crippen molar-refractivity contribution in [3.05, 3.63) is 0 Å². The van der Waals surface area contributed by atoms with Crippen molar-refractivity contribution in [1.82, 2.24) is 4.31 Å². The lowest BCUT2D eigenvalue weighted by molar-refractivity contribution is 0.100. The highest BCUT2D eigenvalue weighted by molar-refractivity contribution is 7.78. The van der Waals surface area contributed by atoms with E-state index in [0.717, 1.165) is 0 Å². The summed E-state index contributed by atoms with van der Waals surface area (Å²) in [4.78, 5) is 10.8. The second-order valence-corrected chi connectivity index (χ2v) is 2.63. The summed E-state index contributed by atoms with van der Waals surface area (Å²) in [6.45, 7) is 5.98. The van der Waals surface area contributed by atoms with Crippen LogP contribution in [0.2, 0.25) is 0 Å². The molecule has 1 amide bonds. The van der Waals surface area contributed by atoms with Gasteiger partial charge in [-0.25, -0.2) is 4.79 Å². The molecular formula is C6H13NO2S. The van der Waals surface area contributed by atoms with Crippen LogP contribution in [0, 0.1) is 0 Å². The van der Waals surface area contributed by atoms with E-state index in [0.29, 0.717) is 6.54 Å². The number of hydrogen-bond donors (Lipinski definition) is 1. The second-order valence-electron chi connectivity index (χ2n) is 2.15. The Morgan fingerprint density at radius 3 is 2.50 bits per heavy atom. The van der Waals surface area contributed by atoms with Crippen molar-refractivity contribution in [2.75, 3.05) is 6.54 Å². The zero-order chi connectivity index (χ0) is 8.15. The van der Waals surface area contributed by atoms with Crippen LogP contribution in [0.15, 0.2) is 0 Å². The molecule has 0 aromatic heterocycles. The third-order valence-electron chi connectivity index (χ3n) is 0.847. The number of thiol groups is 1. The summed E-state index contributed by atoms with van der Waals surface area (Å²) in [6.07, 6.45) is -0.463. The Kier molecular flexibility index (Phi) is 4.27. The zero-order valence-electron chi connectivity index (χ0n) is 6.50. The van der Waals surface area contributed by atoms with Gasteiger partial charge in [-0.1, -0.05) is 12.8 Å². The Labute approximate surface area is 66.9 Å². The summed E-state index contributed by atoms with van der Waals surface area (Å²) < 4.78 is 6.04. The lowest BCUT2D eigenvalue weighted by Gasteiger charge is -2.14. The summed E-state index contributed by atoms with van der Waals surface area (Å²) >= 11 is 3.86. The minimum absolute atomic E-state index is 0.0753. The number of carbonyl (C=O) groups excluding carboxylic acids is 1. The molecular weight excluding hydrogens is 150 g/mol. The molecule has 0 aliphatic rings. The van der Waals surface area contributed by atoms with Crippen molar-refractivity contribution in [2.45, 2.75) is 26.9 Å². The average Bonchev–Trinajstić information content (AvgIpc) is 1.85. The highest BCUT2D eigenvalue weighted by Gasteiger charge is 2.09. The number of nitrogens with zero attached hydrogens (tertiary/aromatic N) is 1. The Hall–Kier alpha value is -0.380. The highest BCUT2D eigenvalue weighted by atomic mass is 32.1. The maximum Gasteiger partial charge on any atom is 0.419 e. The number of carbonyl (C=O) groups is 1. The summed E-state index contributed by atoms with van der Waals surface area (Å²) in [5, 5.41) is 0. The van der Waals surface area contributed by atoms with Gasteiger partial charge in [-0.15, -0.1) is 0 Å². The summed E-state index contributed by atoms with van der Waals surface area (Å²) in [6, 6.07) is 0. The van der Waals surface area contributed by atoms with Crippen LogP contribution in [0.4, 0.5) is 4.79 Å². The molecule has 0 fully saturated rings. The normalized spacial score (nSPS) is 9.70.